The molecule has 0 heterocycles. The third-order valence-electron chi connectivity index (χ3n) is 2.51. The van der Waals surface area contributed by atoms with Gasteiger partial charge in [-0.3, -0.25) is 14.9 Å². The molecular weight excluding hydrogens is 248 g/mol. The van der Waals surface area contributed by atoms with Gasteiger partial charge in [-0.2, -0.15) is 5.26 Å². The smallest absolute Gasteiger partial charge is 0.292 e. The van der Waals surface area contributed by atoms with Crippen LogP contribution < -0.4 is 5.32 Å². The van der Waals surface area contributed by atoms with Crippen molar-refractivity contribution in [1.29, 1.82) is 5.26 Å². The number of nitrogens with zero attached hydrogens (tertiary/aromatic N) is 3. The van der Waals surface area contributed by atoms with Gasteiger partial charge in [0, 0.05) is 20.2 Å². The van der Waals surface area contributed by atoms with E-state index in [1.807, 2.05) is 6.07 Å². The van der Waals surface area contributed by atoms with Gasteiger partial charge in [-0.05, 0) is 19.1 Å². The zero-order valence-electron chi connectivity index (χ0n) is 10.9. The highest BCUT2D eigenvalue weighted by Gasteiger charge is 2.20. The molecule has 0 aromatic heterocycles. The Morgan fingerprint density at radius 1 is 1.53 bits per heavy atom. The Kier molecular flexibility index (Phi) is 4.42. The monoisotopic (exact) mass is 262 g/mol. The van der Waals surface area contributed by atoms with Crippen molar-refractivity contribution < 1.29 is 9.72 Å². The van der Waals surface area contributed by atoms with Crippen LogP contribution in [-0.2, 0) is 4.79 Å². The Hall–Kier alpha value is -2.62. The molecule has 1 N–H and O–H groups in total. The molecular formula is C12H14N4O3. The predicted octanol–water partition coefficient (Wildman–Crippen LogP) is 1.36. The molecule has 0 saturated carbocycles. The van der Waals surface area contributed by atoms with Gasteiger partial charge in [-0.15, -0.1) is 0 Å². The second-order valence-electron chi connectivity index (χ2n) is 4.20. The number of hydrogen-bond donors (Lipinski definition) is 1. The highest BCUT2D eigenvalue weighted by atomic mass is 16.6. The number of benzene rings is 1. The molecule has 0 saturated heterocycles. The van der Waals surface area contributed by atoms with Crippen molar-refractivity contribution in [2.75, 3.05) is 19.4 Å². The lowest BCUT2D eigenvalue weighted by Gasteiger charge is -2.18. The molecule has 0 spiro atoms. The van der Waals surface area contributed by atoms with Crippen molar-refractivity contribution in [3.05, 3.63) is 33.9 Å². The fraction of sp³-hybridized carbons (Fsp3) is 0.333. The highest BCUT2D eigenvalue weighted by Crippen LogP contribution is 2.26. The van der Waals surface area contributed by atoms with Crippen LogP contribution in [0, 0.1) is 21.4 Å². The first-order valence-electron chi connectivity index (χ1n) is 5.53. The van der Waals surface area contributed by atoms with Crippen molar-refractivity contribution in [3.63, 3.8) is 0 Å². The normalized spacial score (nSPS) is 11.3. The molecule has 1 amide bonds. The minimum atomic E-state index is -0.623. The van der Waals surface area contributed by atoms with Crippen molar-refractivity contribution >= 4 is 17.3 Å². The number of hydrogen-bond acceptors (Lipinski definition) is 5. The van der Waals surface area contributed by atoms with Gasteiger partial charge in [0.05, 0.1) is 16.6 Å². The second kappa shape index (κ2) is 5.82. The number of nitriles is 1. The molecule has 0 aliphatic carbocycles. The lowest BCUT2D eigenvalue weighted by molar-refractivity contribution is -0.384. The van der Waals surface area contributed by atoms with Crippen LogP contribution in [0.3, 0.4) is 0 Å². The van der Waals surface area contributed by atoms with Gasteiger partial charge in [0.15, 0.2) is 0 Å². The summed E-state index contributed by atoms with van der Waals surface area (Å²) in [4.78, 5) is 23.4. The zero-order valence-corrected chi connectivity index (χ0v) is 10.9. The van der Waals surface area contributed by atoms with Crippen LogP contribution in [0.15, 0.2) is 18.2 Å². The Bertz CT molecular complexity index is 548. The lowest BCUT2D eigenvalue weighted by Crippen LogP contribution is -2.36. The standard InChI is InChI=1S/C12H14N4O3/c1-8(12(17)15(2)3)14-10-6-9(7-13)4-5-11(10)16(18)19/h4-6,8,14H,1-3H3. The molecule has 7 heteroatoms. The van der Waals surface area contributed by atoms with Gasteiger partial charge in [-0.25, -0.2) is 0 Å². The van der Waals surface area contributed by atoms with Crippen LogP contribution in [0.4, 0.5) is 11.4 Å². The Morgan fingerprint density at radius 3 is 2.63 bits per heavy atom. The quantitative estimate of drug-likeness (QED) is 0.652. The largest absolute Gasteiger partial charge is 0.368 e. The zero-order chi connectivity index (χ0) is 14.6. The second-order valence-corrected chi connectivity index (χ2v) is 4.20. The summed E-state index contributed by atoms with van der Waals surface area (Å²) in [5.74, 6) is -0.211. The number of nitro benzene ring substituents is 1. The summed E-state index contributed by atoms with van der Waals surface area (Å²) in [6.07, 6.45) is 0. The van der Waals surface area contributed by atoms with Gasteiger partial charge < -0.3 is 10.2 Å². The first-order valence-corrected chi connectivity index (χ1v) is 5.53. The van der Waals surface area contributed by atoms with Crippen LogP contribution in [0.5, 0.6) is 0 Å². The highest BCUT2D eigenvalue weighted by molar-refractivity contribution is 5.84. The Morgan fingerprint density at radius 2 is 2.16 bits per heavy atom. The van der Waals surface area contributed by atoms with Gasteiger partial charge in [0.2, 0.25) is 5.91 Å². The maximum atomic E-state index is 11.7. The van der Waals surface area contributed by atoms with E-state index in [9.17, 15) is 14.9 Å². The molecule has 1 atom stereocenters. The average molecular weight is 262 g/mol. The fourth-order valence-electron chi connectivity index (χ4n) is 1.56. The van der Waals surface area contributed by atoms with Crippen molar-refractivity contribution in [1.82, 2.24) is 4.90 Å². The fourth-order valence-corrected chi connectivity index (χ4v) is 1.56. The third kappa shape index (κ3) is 3.42. The van der Waals surface area contributed by atoms with E-state index in [2.05, 4.69) is 5.32 Å². The Labute approximate surface area is 110 Å². The van der Waals surface area contributed by atoms with Crippen molar-refractivity contribution in [2.45, 2.75) is 13.0 Å². The molecule has 1 aromatic rings. The average Bonchev–Trinajstić information content (AvgIpc) is 2.36. The van der Waals surface area contributed by atoms with Crippen LogP contribution in [0.1, 0.15) is 12.5 Å². The van der Waals surface area contributed by atoms with E-state index in [-0.39, 0.29) is 22.8 Å². The number of carbonyl (C=O) groups excluding carboxylic acids is 1. The molecule has 0 fully saturated rings. The van der Waals surface area contributed by atoms with Crippen LogP contribution >= 0.6 is 0 Å². The summed E-state index contributed by atoms with van der Waals surface area (Å²) in [5, 5.41) is 22.5. The first kappa shape index (κ1) is 14.4. The van der Waals surface area contributed by atoms with Gasteiger partial charge in [-0.1, -0.05) is 0 Å². The van der Waals surface area contributed by atoms with E-state index in [0.29, 0.717) is 0 Å². The lowest BCUT2D eigenvalue weighted by atomic mass is 10.1. The Balaban J connectivity index is 3.08. The maximum Gasteiger partial charge on any atom is 0.292 e. The van der Waals surface area contributed by atoms with E-state index in [4.69, 9.17) is 5.26 Å². The summed E-state index contributed by atoms with van der Waals surface area (Å²) < 4.78 is 0. The molecule has 0 aliphatic heterocycles. The van der Waals surface area contributed by atoms with Crippen LogP contribution in [0.25, 0.3) is 0 Å². The molecule has 19 heavy (non-hydrogen) atoms. The molecule has 1 rings (SSSR count). The van der Waals surface area contributed by atoms with Gasteiger partial charge in [0.1, 0.15) is 11.7 Å². The first-order chi connectivity index (χ1) is 8.86. The summed E-state index contributed by atoms with van der Waals surface area (Å²) in [6, 6.07) is 5.24. The SMILES string of the molecule is CC(Nc1cc(C#N)ccc1[N+](=O)[O-])C(=O)N(C)C. The molecule has 1 aromatic carbocycles. The number of carbonyl (C=O) groups is 1. The van der Waals surface area contributed by atoms with Crippen molar-refractivity contribution in [2.24, 2.45) is 0 Å². The summed E-state index contributed by atoms with van der Waals surface area (Å²) >= 11 is 0. The number of nitro groups is 1. The van der Waals surface area contributed by atoms with E-state index in [0.717, 1.165) is 0 Å². The number of anilines is 1. The number of rotatable bonds is 4. The number of amides is 1. The maximum absolute atomic E-state index is 11.7. The van der Waals surface area contributed by atoms with Gasteiger partial charge >= 0.3 is 0 Å². The number of likely N-dealkylation sites (N-methyl/N-ethyl adjacent to an activating group) is 1. The number of nitrogens with one attached hydrogen (secondary N) is 1. The van der Waals surface area contributed by atoms with E-state index in [1.165, 1.54) is 23.1 Å². The molecule has 1 unspecified atom stereocenters. The van der Waals surface area contributed by atoms with Crippen molar-refractivity contribution in [3.8, 4) is 6.07 Å². The van der Waals surface area contributed by atoms with E-state index >= 15 is 0 Å². The molecule has 0 aliphatic rings. The minimum absolute atomic E-state index is 0.159. The molecule has 100 valence electrons. The van der Waals surface area contributed by atoms with Gasteiger partial charge in [0.25, 0.3) is 5.69 Å². The molecule has 7 nitrogen and oxygen atoms in total. The van der Waals surface area contributed by atoms with Crippen LogP contribution in [0.2, 0.25) is 0 Å². The van der Waals surface area contributed by atoms with E-state index in [1.54, 1.807) is 21.0 Å². The van der Waals surface area contributed by atoms with Crippen LogP contribution in [-0.4, -0.2) is 35.9 Å². The minimum Gasteiger partial charge on any atom is -0.368 e. The summed E-state index contributed by atoms with van der Waals surface area (Å²) in [5.41, 5.74) is 0.279. The molecule has 0 bridgehead atoms. The third-order valence-corrected chi connectivity index (χ3v) is 2.51. The molecule has 0 radical (unpaired) electrons. The summed E-state index contributed by atoms with van der Waals surface area (Å²) in [7, 11) is 3.20. The summed E-state index contributed by atoms with van der Waals surface area (Å²) in [6.45, 7) is 1.60. The topological polar surface area (TPSA) is 99.3 Å². The van der Waals surface area contributed by atoms with E-state index < -0.39 is 11.0 Å². The predicted molar refractivity (Wildman–Crippen MR) is 69.6 cm³/mol.